The van der Waals surface area contributed by atoms with Gasteiger partial charge in [0.1, 0.15) is 7.05 Å². The molecule has 0 aromatic heterocycles. The number of fused-ring (bicyclic) bond motifs is 2. The lowest BCUT2D eigenvalue weighted by Crippen LogP contribution is -2.26. The number of nitrogens with zero attached hydrogens (tertiary/aromatic N) is 2. The van der Waals surface area contributed by atoms with Gasteiger partial charge in [-0.15, -0.1) is 0 Å². The summed E-state index contributed by atoms with van der Waals surface area (Å²) in [5.41, 5.74) is 7.07. The molecule has 0 bridgehead atoms. The van der Waals surface area contributed by atoms with Gasteiger partial charge in [0.25, 0.3) is 10.5 Å². The summed E-state index contributed by atoms with van der Waals surface area (Å²) in [5.74, 6) is 0. The van der Waals surface area contributed by atoms with Gasteiger partial charge in [-0.05, 0) is 79.0 Å². The lowest BCUT2D eigenvalue weighted by atomic mass is 9.81. The van der Waals surface area contributed by atoms with Crippen molar-refractivity contribution in [2.24, 2.45) is 0 Å². The highest BCUT2D eigenvalue weighted by Gasteiger charge is 2.43. The zero-order chi connectivity index (χ0) is 25.7. The molecule has 0 N–H and O–H groups in total. The van der Waals surface area contributed by atoms with Crippen LogP contribution in [0.15, 0.2) is 72.5 Å². The van der Waals surface area contributed by atoms with Crippen LogP contribution in [-0.2, 0) is 10.8 Å². The van der Waals surface area contributed by atoms with E-state index in [9.17, 15) is 9.59 Å². The van der Waals surface area contributed by atoms with Crippen LogP contribution in [0.2, 0.25) is 0 Å². The first-order valence-electron chi connectivity index (χ1n) is 11.5. The second kappa shape index (κ2) is 8.92. The minimum Gasteiger partial charge on any atom is -0.347 e. The second-order valence-electron chi connectivity index (χ2n) is 10.1. The number of hydrogen-bond donors (Lipinski definition) is 0. The Morgan fingerprint density at radius 2 is 1.46 bits per heavy atom. The van der Waals surface area contributed by atoms with E-state index < -0.39 is 10.5 Å². The van der Waals surface area contributed by atoms with Crippen molar-refractivity contribution in [1.29, 1.82) is 0 Å². The van der Waals surface area contributed by atoms with Crippen LogP contribution in [-0.4, -0.2) is 34.9 Å². The molecule has 6 heteroatoms. The number of halogens is 2. The van der Waals surface area contributed by atoms with Gasteiger partial charge in [0, 0.05) is 52.7 Å². The van der Waals surface area contributed by atoms with Crippen molar-refractivity contribution >= 4 is 50.8 Å². The topological polar surface area (TPSA) is 40.4 Å². The fourth-order valence-corrected chi connectivity index (χ4v) is 5.51. The number of hydrogen-bond acceptors (Lipinski definition) is 3. The number of carbonyl (C=O) groups is 2. The zero-order valence-electron chi connectivity index (χ0n) is 20.8. The van der Waals surface area contributed by atoms with E-state index in [1.807, 2.05) is 56.6 Å². The molecule has 0 saturated carbocycles. The van der Waals surface area contributed by atoms with Gasteiger partial charge in [0.2, 0.25) is 5.69 Å². The summed E-state index contributed by atoms with van der Waals surface area (Å²) in [7, 11) is 4.07. The van der Waals surface area contributed by atoms with Crippen LogP contribution < -0.4 is 4.90 Å². The number of anilines is 1. The Morgan fingerprint density at radius 1 is 0.857 bits per heavy atom. The Labute approximate surface area is 216 Å². The molecule has 4 rings (SSSR count). The molecule has 0 spiro atoms. The quantitative estimate of drug-likeness (QED) is 0.251. The molecule has 0 radical (unpaired) electrons. The van der Waals surface area contributed by atoms with Crippen molar-refractivity contribution in [2.75, 3.05) is 19.0 Å². The van der Waals surface area contributed by atoms with E-state index in [4.69, 9.17) is 23.2 Å². The molecule has 0 amide bonds. The van der Waals surface area contributed by atoms with Crippen LogP contribution in [0.1, 0.15) is 59.5 Å². The number of rotatable bonds is 5. The van der Waals surface area contributed by atoms with E-state index in [0.717, 1.165) is 33.9 Å². The van der Waals surface area contributed by atoms with Gasteiger partial charge in [-0.1, -0.05) is 32.1 Å². The summed E-state index contributed by atoms with van der Waals surface area (Å²) in [5, 5.41) is -0.891. The van der Waals surface area contributed by atoms with Crippen LogP contribution in [0.3, 0.4) is 0 Å². The number of likely N-dealkylation sites (N-methyl/N-ethyl adjacent to an activating group) is 1. The first kappa shape index (κ1) is 25.2. The van der Waals surface area contributed by atoms with E-state index in [1.54, 1.807) is 12.1 Å². The zero-order valence-corrected chi connectivity index (χ0v) is 22.3. The van der Waals surface area contributed by atoms with Crippen LogP contribution in [0.5, 0.6) is 0 Å². The van der Waals surface area contributed by atoms with Gasteiger partial charge >= 0.3 is 0 Å². The largest absolute Gasteiger partial charge is 0.347 e. The van der Waals surface area contributed by atoms with Crippen molar-refractivity contribution in [2.45, 2.75) is 38.5 Å². The molecule has 0 aliphatic carbocycles. The fraction of sp³-hybridized carbons (Fsp3) is 0.276. The normalized spacial score (nSPS) is 19.2. The van der Waals surface area contributed by atoms with Gasteiger partial charge in [-0.2, -0.15) is 4.58 Å². The third-order valence-corrected chi connectivity index (χ3v) is 7.69. The Hall–Kier alpha value is -2.95. The van der Waals surface area contributed by atoms with E-state index in [2.05, 4.69) is 49.3 Å². The summed E-state index contributed by atoms with van der Waals surface area (Å²) in [6, 6.07) is 11.2. The third-order valence-electron chi connectivity index (χ3n) is 7.25. The monoisotopic (exact) mass is 507 g/mol. The molecular formula is C29H29Cl2N2O2+. The standard InChI is InChI=1S/C29H29Cl2N2O2/c1-28(2)20-16-18(26(30)34)12-14-22(20)32(5)24(28)10-8-7-9-11-25-29(3,4)21-17-19(27(31)35)13-15-23(21)33(25)6/h7-17H,1-6H3/q+1. The van der Waals surface area contributed by atoms with Crippen molar-refractivity contribution in [3.8, 4) is 0 Å². The fourth-order valence-electron chi connectivity index (χ4n) is 5.27. The highest BCUT2D eigenvalue weighted by molar-refractivity contribution is 6.68. The summed E-state index contributed by atoms with van der Waals surface area (Å²) in [4.78, 5) is 25.5. The van der Waals surface area contributed by atoms with Gasteiger partial charge < -0.3 is 4.90 Å². The molecule has 35 heavy (non-hydrogen) atoms. The van der Waals surface area contributed by atoms with E-state index in [0.29, 0.717) is 11.1 Å². The van der Waals surface area contributed by atoms with Crippen molar-refractivity contribution in [3.05, 3.63) is 94.7 Å². The Bertz CT molecular complexity index is 1380. The summed E-state index contributed by atoms with van der Waals surface area (Å²) in [6.07, 6.45) is 10.3. The Kier molecular flexibility index (Phi) is 6.41. The highest BCUT2D eigenvalue weighted by atomic mass is 35.5. The average molecular weight is 508 g/mol. The van der Waals surface area contributed by atoms with E-state index in [-0.39, 0.29) is 10.8 Å². The van der Waals surface area contributed by atoms with E-state index >= 15 is 0 Å². The van der Waals surface area contributed by atoms with Gasteiger partial charge in [-0.3, -0.25) is 9.59 Å². The molecule has 180 valence electrons. The van der Waals surface area contributed by atoms with Gasteiger partial charge in [0.15, 0.2) is 5.71 Å². The maximum Gasteiger partial charge on any atom is 0.252 e. The van der Waals surface area contributed by atoms with Crippen LogP contribution in [0.25, 0.3) is 0 Å². The van der Waals surface area contributed by atoms with Crippen LogP contribution >= 0.6 is 23.2 Å². The molecule has 0 fully saturated rings. The number of benzene rings is 2. The molecule has 4 nitrogen and oxygen atoms in total. The molecule has 2 aromatic rings. The first-order chi connectivity index (χ1) is 16.4. The predicted octanol–water partition coefficient (Wildman–Crippen LogP) is 6.87. The average Bonchev–Trinajstić information content (AvgIpc) is 3.11. The SMILES string of the molecule is CN1/C(=C/C=C/C=C/C2=[N+](C)c3ccc(C(=O)Cl)cc3C2(C)C)C(C)(C)c2cc(C(=O)Cl)ccc21. The number of allylic oxidation sites excluding steroid dienone is 6. The van der Waals surface area contributed by atoms with Crippen molar-refractivity contribution in [1.82, 2.24) is 0 Å². The third kappa shape index (κ3) is 4.19. The number of carbonyl (C=O) groups excluding carboxylic acids is 2. The smallest absolute Gasteiger partial charge is 0.252 e. The molecule has 0 unspecified atom stereocenters. The molecule has 2 aromatic carbocycles. The van der Waals surface area contributed by atoms with Crippen LogP contribution in [0, 0.1) is 0 Å². The van der Waals surface area contributed by atoms with Gasteiger partial charge in [-0.25, -0.2) is 0 Å². The molecule has 2 aliphatic rings. The molecular weight excluding hydrogens is 479 g/mol. The Balaban J connectivity index is 1.58. The highest BCUT2D eigenvalue weighted by Crippen LogP contribution is 2.47. The maximum atomic E-state index is 11.7. The summed E-state index contributed by atoms with van der Waals surface area (Å²) >= 11 is 11.4. The van der Waals surface area contributed by atoms with Gasteiger partial charge in [0.05, 0.1) is 5.41 Å². The molecule has 0 saturated heterocycles. The molecule has 0 atom stereocenters. The lowest BCUT2D eigenvalue weighted by molar-refractivity contribution is -0.401. The molecule has 2 heterocycles. The van der Waals surface area contributed by atoms with E-state index in [1.165, 1.54) is 0 Å². The van der Waals surface area contributed by atoms with Crippen molar-refractivity contribution in [3.63, 3.8) is 0 Å². The first-order valence-corrected chi connectivity index (χ1v) is 12.2. The van der Waals surface area contributed by atoms with Crippen molar-refractivity contribution < 1.29 is 14.2 Å². The molecule has 2 aliphatic heterocycles. The minimum atomic E-state index is -0.446. The van der Waals surface area contributed by atoms with Crippen LogP contribution in [0.4, 0.5) is 11.4 Å². The predicted molar refractivity (Wildman–Crippen MR) is 145 cm³/mol. The second-order valence-corrected chi connectivity index (χ2v) is 10.7. The Morgan fingerprint density at radius 3 is 2.09 bits per heavy atom. The summed E-state index contributed by atoms with van der Waals surface area (Å²) < 4.78 is 2.15. The maximum absolute atomic E-state index is 11.7. The summed E-state index contributed by atoms with van der Waals surface area (Å²) in [6.45, 7) is 8.60. The minimum absolute atomic E-state index is 0.262. The lowest BCUT2D eigenvalue weighted by Gasteiger charge is -2.23.